The molecule has 0 unspecified atom stereocenters. The summed E-state index contributed by atoms with van der Waals surface area (Å²) in [6, 6.07) is 20.0. The zero-order valence-corrected chi connectivity index (χ0v) is 12.4. The molecule has 0 aliphatic carbocycles. The summed E-state index contributed by atoms with van der Waals surface area (Å²) in [4.78, 5) is 0. The second kappa shape index (κ2) is 9.21. The van der Waals surface area contributed by atoms with Crippen LogP contribution in [0.5, 0.6) is 0 Å². The molecule has 3 N–H and O–H groups in total. The fraction of sp³-hybridized carbons (Fsp3) is 0.0526. The Hall–Kier alpha value is -2.74. The number of hydrogen-bond acceptors (Lipinski definition) is 2. The van der Waals surface area contributed by atoms with Crippen molar-refractivity contribution in [3.05, 3.63) is 103 Å². The molecule has 2 nitrogen and oxygen atoms in total. The highest BCUT2D eigenvalue weighted by molar-refractivity contribution is 5.52. The molecule has 0 aromatic heterocycles. The molecule has 2 aromatic rings. The van der Waals surface area contributed by atoms with Gasteiger partial charge in [0.05, 0.1) is 11.4 Å². The van der Waals surface area contributed by atoms with Gasteiger partial charge in [-0.2, -0.15) is 0 Å². The molecule has 0 atom stereocenters. The quantitative estimate of drug-likeness (QED) is 0.800. The van der Waals surface area contributed by atoms with Gasteiger partial charge in [0.1, 0.15) is 0 Å². The van der Waals surface area contributed by atoms with Gasteiger partial charge in [0.15, 0.2) is 0 Å². The first-order valence-electron chi connectivity index (χ1n) is 6.75. The van der Waals surface area contributed by atoms with E-state index < -0.39 is 0 Å². The highest BCUT2D eigenvalue weighted by Gasteiger charge is 1.96. The van der Waals surface area contributed by atoms with Crippen molar-refractivity contribution in [1.29, 1.82) is 0 Å². The van der Waals surface area contributed by atoms with Crippen molar-refractivity contribution in [2.75, 3.05) is 5.32 Å². The second-order valence-electron chi connectivity index (χ2n) is 4.42. The molecule has 0 saturated heterocycles. The summed E-state index contributed by atoms with van der Waals surface area (Å²) in [6.45, 7) is 9.36. The first-order valence-corrected chi connectivity index (χ1v) is 6.75. The zero-order chi connectivity index (χ0) is 15.5. The van der Waals surface area contributed by atoms with Crippen LogP contribution in [-0.2, 0) is 0 Å². The standard InChI is InChI=1S/C12H14N2.C7H8/c1-3-11(13)12(4-2)14-10-8-6-5-7-9-10;1-7-5-3-2-4-6-7/h3-9,14H,1-2,13H2;2-6H,1H3/b12-11-;. The van der Waals surface area contributed by atoms with Gasteiger partial charge in [-0.15, -0.1) is 0 Å². The van der Waals surface area contributed by atoms with Crippen LogP contribution in [0.1, 0.15) is 5.56 Å². The third kappa shape index (κ3) is 6.30. The van der Waals surface area contributed by atoms with Crippen LogP contribution >= 0.6 is 0 Å². The molecule has 2 heteroatoms. The summed E-state index contributed by atoms with van der Waals surface area (Å²) in [5, 5.41) is 3.14. The van der Waals surface area contributed by atoms with Crippen LogP contribution in [0.15, 0.2) is 97.4 Å². The minimum Gasteiger partial charge on any atom is -0.397 e. The number of anilines is 1. The Bertz CT molecular complexity index is 583. The molecule has 0 saturated carbocycles. The SMILES string of the molecule is C=C/C(N)=C(\C=C)Nc1ccccc1.Cc1ccccc1. The molecule has 0 aliphatic rings. The summed E-state index contributed by atoms with van der Waals surface area (Å²) in [6.07, 6.45) is 3.26. The number of para-hydroxylation sites is 1. The molecule has 0 fully saturated rings. The number of aryl methyl sites for hydroxylation is 1. The van der Waals surface area contributed by atoms with Gasteiger partial charge in [-0.25, -0.2) is 0 Å². The maximum absolute atomic E-state index is 5.70. The average molecular weight is 278 g/mol. The highest BCUT2D eigenvalue weighted by atomic mass is 14.9. The Morgan fingerprint density at radius 3 is 1.81 bits per heavy atom. The average Bonchev–Trinajstić information content (AvgIpc) is 2.54. The van der Waals surface area contributed by atoms with Gasteiger partial charge in [0.25, 0.3) is 0 Å². The van der Waals surface area contributed by atoms with Gasteiger partial charge in [0, 0.05) is 5.69 Å². The van der Waals surface area contributed by atoms with E-state index in [1.54, 1.807) is 12.2 Å². The van der Waals surface area contributed by atoms with E-state index in [0.29, 0.717) is 5.70 Å². The van der Waals surface area contributed by atoms with Gasteiger partial charge >= 0.3 is 0 Å². The third-order valence-corrected chi connectivity index (χ3v) is 2.73. The van der Waals surface area contributed by atoms with Crippen molar-refractivity contribution in [2.45, 2.75) is 6.92 Å². The van der Waals surface area contributed by atoms with Crippen LogP contribution in [-0.4, -0.2) is 0 Å². The van der Waals surface area contributed by atoms with Crippen LogP contribution in [0.2, 0.25) is 0 Å². The summed E-state index contributed by atoms with van der Waals surface area (Å²) >= 11 is 0. The summed E-state index contributed by atoms with van der Waals surface area (Å²) in [5.41, 5.74) is 9.36. The van der Waals surface area contributed by atoms with E-state index in [-0.39, 0.29) is 0 Å². The zero-order valence-electron chi connectivity index (χ0n) is 12.4. The predicted octanol–water partition coefficient (Wildman–Crippen LogP) is 4.64. The number of allylic oxidation sites excluding steroid dienone is 2. The topological polar surface area (TPSA) is 38.0 Å². The maximum atomic E-state index is 5.70. The molecular formula is C19H22N2. The van der Waals surface area contributed by atoms with E-state index in [0.717, 1.165) is 11.4 Å². The van der Waals surface area contributed by atoms with Crippen molar-refractivity contribution in [1.82, 2.24) is 0 Å². The fourth-order valence-electron chi connectivity index (χ4n) is 1.56. The lowest BCUT2D eigenvalue weighted by Crippen LogP contribution is -2.05. The van der Waals surface area contributed by atoms with E-state index in [1.807, 2.05) is 48.5 Å². The molecule has 108 valence electrons. The fourth-order valence-corrected chi connectivity index (χ4v) is 1.56. The van der Waals surface area contributed by atoms with E-state index in [4.69, 9.17) is 5.73 Å². The predicted molar refractivity (Wildman–Crippen MR) is 92.9 cm³/mol. The molecule has 0 amide bonds. The third-order valence-electron chi connectivity index (χ3n) is 2.73. The number of nitrogens with two attached hydrogens (primary N) is 1. The Balaban J connectivity index is 0.000000262. The molecule has 0 bridgehead atoms. The van der Waals surface area contributed by atoms with Crippen LogP contribution in [0.3, 0.4) is 0 Å². The summed E-state index contributed by atoms with van der Waals surface area (Å²) < 4.78 is 0. The molecule has 0 aliphatic heterocycles. The largest absolute Gasteiger partial charge is 0.397 e. The highest BCUT2D eigenvalue weighted by Crippen LogP contribution is 2.11. The second-order valence-corrected chi connectivity index (χ2v) is 4.42. The van der Waals surface area contributed by atoms with Gasteiger partial charge in [0.2, 0.25) is 0 Å². The Morgan fingerprint density at radius 1 is 0.905 bits per heavy atom. The number of hydrogen-bond donors (Lipinski definition) is 2. The lowest BCUT2D eigenvalue weighted by Gasteiger charge is -2.08. The minimum atomic E-state index is 0.587. The van der Waals surface area contributed by atoms with E-state index in [1.165, 1.54) is 5.56 Å². The van der Waals surface area contributed by atoms with Gasteiger partial charge in [-0.3, -0.25) is 0 Å². The molecular weight excluding hydrogens is 256 g/mol. The van der Waals surface area contributed by atoms with Crippen molar-refractivity contribution in [2.24, 2.45) is 5.73 Å². The van der Waals surface area contributed by atoms with Gasteiger partial charge < -0.3 is 11.1 Å². The number of rotatable bonds is 4. The number of benzene rings is 2. The van der Waals surface area contributed by atoms with E-state index in [2.05, 4.69) is 37.5 Å². The van der Waals surface area contributed by atoms with Crippen molar-refractivity contribution >= 4 is 5.69 Å². The van der Waals surface area contributed by atoms with Gasteiger partial charge in [-0.05, 0) is 31.2 Å². The minimum absolute atomic E-state index is 0.587. The molecule has 21 heavy (non-hydrogen) atoms. The van der Waals surface area contributed by atoms with Gasteiger partial charge in [-0.1, -0.05) is 67.3 Å². The lowest BCUT2D eigenvalue weighted by molar-refractivity contribution is 1.32. The smallest absolute Gasteiger partial charge is 0.0611 e. The van der Waals surface area contributed by atoms with Crippen LogP contribution in [0.4, 0.5) is 5.69 Å². The van der Waals surface area contributed by atoms with E-state index in [9.17, 15) is 0 Å². The van der Waals surface area contributed by atoms with Crippen molar-refractivity contribution in [3.8, 4) is 0 Å². The molecule has 2 rings (SSSR count). The summed E-state index contributed by atoms with van der Waals surface area (Å²) in [5.74, 6) is 0. The van der Waals surface area contributed by atoms with Crippen LogP contribution < -0.4 is 11.1 Å². The van der Waals surface area contributed by atoms with Crippen LogP contribution in [0.25, 0.3) is 0 Å². The molecule has 0 heterocycles. The Morgan fingerprint density at radius 2 is 1.43 bits per heavy atom. The first kappa shape index (κ1) is 16.3. The molecule has 2 aromatic carbocycles. The van der Waals surface area contributed by atoms with Crippen molar-refractivity contribution < 1.29 is 0 Å². The Labute approximate surface area is 127 Å². The monoisotopic (exact) mass is 278 g/mol. The number of nitrogens with one attached hydrogen (secondary N) is 1. The molecule has 0 spiro atoms. The van der Waals surface area contributed by atoms with E-state index >= 15 is 0 Å². The van der Waals surface area contributed by atoms with Crippen molar-refractivity contribution in [3.63, 3.8) is 0 Å². The van der Waals surface area contributed by atoms with Crippen LogP contribution in [0, 0.1) is 6.92 Å². The first-order chi connectivity index (χ1) is 10.2. The lowest BCUT2D eigenvalue weighted by atomic mass is 10.2. The molecule has 0 radical (unpaired) electrons. The summed E-state index contributed by atoms with van der Waals surface area (Å²) in [7, 11) is 0. The maximum Gasteiger partial charge on any atom is 0.0611 e. The normalized spacial score (nSPS) is 10.5. The Kier molecular flexibility index (Phi) is 7.15.